The normalized spacial score (nSPS) is 10.8. The molecule has 3 rings (SSSR count). The average molecular weight is 255 g/mol. The number of nitrogens with one attached hydrogen (secondary N) is 3. The van der Waals surface area contributed by atoms with Crippen LogP contribution in [0.2, 0.25) is 0 Å². The molecule has 19 heavy (non-hydrogen) atoms. The summed E-state index contributed by atoms with van der Waals surface area (Å²) in [5, 5.41) is 17.5. The highest BCUT2D eigenvalue weighted by atomic mass is 16.1. The first-order valence-electron chi connectivity index (χ1n) is 5.91. The van der Waals surface area contributed by atoms with E-state index < -0.39 is 0 Å². The van der Waals surface area contributed by atoms with Crippen molar-refractivity contribution < 1.29 is 4.79 Å². The van der Waals surface area contributed by atoms with Gasteiger partial charge in [-0.1, -0.05) is 0 Å². The van der Waals surface area contributed by atoms with Crippen molar-refractivity contribution in [3.63, 3.8) is 0 Å². The highest BCUT2D eigenvalue weighted by Crippen LogP contribution is 2.18. The minimum Gasteiger partial charge on any atom is -0.319 e. The molecule has 3 aromatic rings. The number of aromatic nitrogens is 4. The maximum absolute atomic E-state index is 12.2. The van der Waals surface area contributed by atoms with Crippen molar-refractivity contribution in [1.29, 1.82) is 0 Å². The first-order chi connectivity index (χ1) is 9.15. The van der Waals surface area contributed by atoms with E-state index in [4.69, 9.17) is 0 Å². The Hall–Kier alpha value is -2.63. The van der Waals surface area contributed by atoms with Gasteiger partial charge in [-0.3, -0.25) is 15.0 Å². The van der Waals surface area contributed by atoms with Crippen molar-refractivity contribution in [1.82, 2.24) is 20.4 Å². The summed E-state index contributed by atoms with van der Waals surface area (Å²) in [7, 11) is 0. The second-order valence-electron chi connectivity index (χ2n) is 4.44. The van der Waals surface area contributed by atoms with Crippen LogP contribution in [0.3, 0.4) is 0 Å². The van der Waals surface area contributed by atoms with Crippen LogP contribution in [-0.4, -0.2) is 26.3 Å². The van der Waals surface area contributed by atoms with Gasteiger partial charge in [-0.05, 0) is 32.0 Å². The second kappa shape index (κ2) is 4.24. The summed E-state index contributed by atoms with van der Waals surface area (Å²) >= 11 is 0. The number of nitrogens with zero attached hydrogens (tertiary/aromatic N) is 2. The third-order valence-corrected chi connectivity index (χ3v) is 3.07. The number of aryl methyl sites for hydroxylation is 2. The molecule has 0 saturated carbocycles. The number of H-pyrrole nitrogens is 2. The number of benzene rings is 1. The van der Waals surface area contributed by atoms with Crippen LogP contribution in [0.1, 0.15) is 21.7 Å². The van der Waals surface area contributed by atoms with Crippen molar-refractivity contribution >= 4 is 22.5 Å². The van der Waals surface area contributed by atoms with Crippen molar-refractivity contribution in [3.8, 4) is 0 Å². The molecule has 1 amide bonds. The van der Waals surface area contributed by atoms with Gasteiger partial charge < -0.3 is 5.32 Å². The first-order valence-corrected chi connectivity index (χ1v) is 5.91. The van der Waals surface area contributed by atoms with Gasteiger partial charge in [0.1, 0.15) is 0 Å². The van der Waals surface area contributed by atoms with E-state index in [0.717, 1.165) is 28.0 Å². The summed E-state index contributed by atoms with van der Waals surface area (Å²) in [6, 6.07) is 5.41. The van der Waals surface area contributed by atoms with Gasteiger partial charge in [-0.2, -0.15) is 10.2 Å². The van der Waals surface area contributed by atoms with Crippen LogP contribution in [0, 0.1) is 13.8 Å². The number of fused-ring (bicyclic) bond motifs is 1. The maximum atomic E-state index is 12.2. The SMILES string of the molecule is Cc1n[nH]c(C)c1NC(=O)c1ccc2[nH]ncc2c1. The van der Waals surface area contributed by atoms with Gasteiger partial charge in [0.15, 0.2) is 0 Å². The molecule has 96 valence electrons. The number of hydrogen-bond acceptors (Lipinski definition) is 3. The summed E-state index contributed by atoms with van der Waals surface area (Å²) in [6.07, 6.45) is 1.69. The summed E-state index contributed by atoms with van der Waals surface area (Å²) in [4.78, 5) is 12.2. The van der Waals surface area contributed by atoms with Crippen molar-refractivity contribution in [2.24, 2.45) is 0 Å². The zero-order chi connectivity index (χ0) is 13.4. The predicted molar refractivity (Wildman–Crippen MR) is 72.1 cm³/mol. The Balaban J connectivity index is 1.91. The average Bonchev–Trinajstić information content (AvgIpc) is 2.99. The number of rotatable bonds is 2. The van der Waals surface area contributed by atoms with Crippen LogP contribution in [0.5, 0.6) is 0 Å². The highest BCUT2D eigenvalue weighted by molar-refractivity contribution is 6.06. The number of carbonyl (C=O) groups excluding carboxylic acids is 1. The molecule has 0 aliphatic rings. The molecule has 0 aliphatic heterocycles. The standard InChI is InChI=1S/C13H13N5O/c1-7-12(8(2)17-16-7)15-13(19)9-3-4-11-10(5-9)6-14-18-11/h3-6H,1-2H3,(H,14,18)(H,15,19)(H,16,17). The van der Waals surface area contributed by atoms with Crippen LogP contribution in [0.15, 0.2) is 24.4 Å². The van der Waals surface area contributed by atoms with Gasteiger partial charge in [-0.15, -0.1) is 0 Å². The Bertz CT molecular complexity index is 736. The molecule has 0 unspecified atom stereocenters. The van der Waals surface area contributed by atoms with Crippen LogP contribution < -0.4 is 5.32 Å². The first kappa shape index (κ1) is 11.5. The van der Waals surface area contributed by atoms with Crippen LogP contribution in [0.25, 0.3) is 10.9 Å². The molecule has 6 heteroatoms. The largest absolute Gasteiger partial charge is 0.319 e. The molecule has 3 N–H and O–H groups in total. The summed E-state index contributed by atoms with van der Waals surface area (Å²) in [6.45, 7) is 3.72. The van der Waals surface area contributed by atoms with Crippen LogP contribution in [0.4, 0.5) is 5.69 Å². The number of amides is 1. The molecule has 0 saturated heterocycles. The molecular formula is C13H13N5O. The molecule has 1 aromatic carbocycles. The molecule has 0 aliphatic carbocycles. The highest BCUT2D eigenvalue weighted by Gasteiger charge is 2.12. The van der Waals surface area contributed by atoms with E-state index in [-0.39, 0.29) is 5.91 Å². The lowest BCUT2D eigenvalue weighted by Gasteiger charge is -2.05. The van der Waals surface area contributed by atoms with Gasteiger partial charge in [0, 0.05) is 10.9 Å². The molecule has 0 radical (unpaired) electrons. The van der Waals surface area contributed by atoms with Gasteiger partial charge in [0.05, 0.1) is 28.8 Å². The van der Waals surface area contributed by atoms with Crippen molar-refractivity contribution in [2.45, 2.75) is 13.8 Å². The Morgan fingerprint density at radius 1 is 1.26 bits per heavy atom. The number of carbonyl (C=O) groups is 1. The van der Waals surface area contributed by atoms with Crippen LogP contribution in [-0.2, 0) is 0 Å². The molecule has 2 heterocycles. The van der Waals surface area contributed by atoms with Gasteiger partial charge >= 0.3 is 0 Å². The lowest BCUT2D eigenvalue weighted by atomic mass is 10.1. The Labute approximate surface area is 109 Å². The fourth-order valence-electron chi connectivity index (χ4n) is 2.00. The fourth-order valence-corrected chi connectivity index (χ4v) is 2.00. The zero-order valence-corrected chi connectivity index (χ0v) is 10.6. The molecule has 0 bridgehead atoms. The lowest BCUT2D eigenvalue weighted by molar-refractivity contribution is 0.102. The Morgan fingerprint density at radius 3 is 2.84 bits per heavy atom. The van der Waals surface area contributed by atoms with Crippen molar-refractivity contribution in [3.05, 3.63) is 41.3 Å². The van der Waals surface area contributed by atoms with Gasteiger partial charge in [0.25, 0.3) is 5.91 Å². The topological polar surface area (TPSA) is 86.5 Å². The van der Waals surface area contributed by atoms with E-state index in [1.54, 1.807) is 18.3 Å². The Morgan fingerprint density at radius 2 is 2.11 bits per heavy atom. The molecule has 0 fully saturated rings. The summed E-state index contributed by atoms with van der Waals surface area (Å²) < 4.78 is 0. The third kappa shape index (κ3) is 1.97. The van der Waals surface area contributed by atoms with E-state index in [2.05, 4.69) is 25.7 Å². The van der Waals surface area contributed by atoms with Crippen molar-refractivity contribution in [2.75, 3.05) is 5.32 Å². The van der Waals surface area contributed by atoms with Gasteiger partial charge in [-0.25, -0.2) is 0 Å². The number of aromatic amines is 2. The minimum atomic E-state index is -0.157. The summed E-state index contributed by atoms with van der Waals surface area (Å²) in [5.74, 6) is -0.157. The fraction of sp³-hybridized carbons (Fsp3) is 0.154. The quantitative estimate of drug-likeness (QED) is 0.655. The summed E-state index contributed by atoms with van der Waals surface area (Å²) in [5.41, 5.74) is 3.85. The predicted octanol–water partition coefficient (Wildman–Crippen LogP) is 2.16. The third-order valence-electron chi connectivity index (χ3n) is 3.07. The minimum absolute atomic E-state index is 0.157. The van der Waals surface area contributed by atoms with E-state index in [1.807, 2.05) is 19.9 Å². The van der Waals surface area contributed by atoms with E-state index in [0.29, 0.717) is 5.56 Å². The Kier molecular flexibility index (Phi) is 2.56. The molecule has 0 spiro atoms. The maximum Gasteiger partial charge on any atom is 0.255 e. The number of hydrogen-bond donors (Lipinski definition) is 3. The van der Waals surface area contributed by atoms with Gasteiger partial charge in [0.2, 0.25) is 0 Å². The monoisotopic (exact) mass is 255 g/mol. The zero-order valence-electron chi connectivity index (χ0n) is 10.6. The molecular weight excluding hydrogens is 242 g/mol. The van der Waals surface area contributed by atoms with Crippen LogP contribution >= 0.6 is 0 Å². The smallest absolute Gasteiger partial charge is 0.255 e. The second-order valence-corrected chi connectivity index (χ2v) is 4.44. The lowest BCUT2D eigenvalue weighted by Crippen LogP contribution is -2.12. The molecule has 0 atom stereocenters. The van der Waals surface area contributed by atoms with E-state index in [1.165, 1.54) is 0 Å². The van der Waals surface area contributed by atoms with E-state index >= 15 is 0 Å². The molecule has 2 aromatic heterocycles. The molecule has 6 nitrogen and oxygen atoms in total. The van der Waals surface area contributed by atoms with E-state index in [9.17, 15) is 4.79 Å². The number of anilines is 1.